The first-order chi connectivity index (χ1) is 14.4. The summed E-state index contributed by atoms with van der Waals surface area (Å²) in [6.45, 7) is 5.04. The Labute approximate surface area is 182 Å². The third-order valence-corrected chi connectivity index (χ3v) is 6.06. The van der Waals surface area contributed by atoms with Gasteiger partial charge in [0.05, 0.1) is 23.5 Å². The van der Waals surface area contributed by atoms with Crippen LogP contribution in [-0.2, 0) is 11.3 Å². The van der Waals surface area contributed by atoms with Crippen LogP contribution >= 0.6 is 23.1 Å². The van der Waals surface area contributed by atoms with Crippen molar-refractivity contribution >= 4 is 45.8 Å². The van der Waals surface area contributed by atoms with Crippen LogP contribution in [0.15, 0.2) is 24.5 Å². The van der Waals surface area contributed by atoms with Gasteiger partial charge in [0.25, 0.3) is 0 Å². The van der Waals surface area contributed by atoms with E-state index in [1.54, 1.807) is 11.8 Å². The Bertz CT molecular complexity index is 1090. The predicted octanol–water partition coefficient (Wildman–Crippen LogP) is 2.89. The highest BCUT2D eigenvalue weighted by Gasteiger charge is 2.25. The lowest BCUT2D eigenvalue weighted by Crippen LogP contribution is -2.49. The van der Waals surface area contributed by atoms with E-state index in [9.17, 15) is 9.59 Å². The van der Waals surface area contributed by atoms with E-state index < -0.39 is 5.97 Å². The standard InChI is InChI=1S/C19H21ClN6O3S/c1-12-16(18(27)29-2)17(30-23-12)22-19(28)25-7-5-24(6-8-25)10-14-11-26-9-13(20)3-4-15(26)21-14/h3-4,9,11H,5-8,10H2,1-2H3,(H,22,28). The van der Waals surface area contributed by atoms with E-state index in [1.165, 1.54) is 7.11 Å². The molecule has 9 nitrogen and oxygen atoms in total. The number of aromatic nitrogens is 3. The summed E-state index contributed by atoms with van der Waals surface area (Å²) in [7, 11) is 1.31. The zero-order valence-corrected chi connectivity index (χ0v) is 18.2. The normalized spacial score (nSPS) is 14.8. The minimum Gasteiger partial charge on any atom is -0.465 e. The van der Waals surface area contributed by atoms with Crippen molar-refractivity contribution in [1.82, 2.24) is 23.6 Å². The highest BCUT2D eigenvalue weighted by Crippen LogP contribution is 2.25. The number of halogens is 1. The van der Waals surface area contributed by atoms with Gasteiger partial charge in [0.1, 0.15) is 16.2 Å². The molecule has 0 aromatic carbocycles. The predicted molar refractivity (Wildman–Crippen MR) is 114 cm³/mol. The van der Waals surface area contributed by atoms with Crippen molar-refractivity contribution in [2.45, 2.75) is 13.5 Å². The molecule has 0 spiro atoms. The molecule has 1 N–H and O–H groups in total. The number of urea groups is 1. The lowest BCUT2D eigenvalue weighted by atomic mass is 10.2. The summed E-state index contributed by atoms with van der Waals surface area (Å²) in [6.07, 6.45) is 3.81. The van der Waals surface area contributed by atoms with Crippen LogP contribution in [0, 0.1) is 6.92 Å². The van der Waals surface area contributed by atoms with E-state index in [1.807, 2.05) is 28.9 Å². The van der Waals surface area contributed by atoms with Crippen molar-refractivity contribution in [2.24, 2.45) is 0 Å². The third-order valence-electron chi connectivity index (χ3n) is 4.98. The SMILES string of the molecule is COC(=O)c1c(C)nsc1NC(=O)N1CCN(Cc2cn3cc(Cl)ccc3n2)CC1. The van der Waals surface area contributed by atoms with E-state index >= 15 is 0 Å². The van der Waals surface area contributed by atoms with Gasteiger partial charge < -0.3 is 14.0 Å². The first-order valence-electron chi connectivity index (χ1n) is 9.40. The molecule has 2 amide bonds. The lowest BCUT2D eigenvalue weighted by molar-refractivity contribution is 0.0601. The summed E-state index contributed by atoms with van der Waals surface area (Å²) >= 11 is 7.11. The van der Waals surface area contributed by atoms with Crippen LogP contribution in [0.4, 0.5) is 9.80 Å². The van der Waals surface area contributed by atoms with Crippen LogP contribution in [-0.4, -0.2) is 68.8 Å². The summed E-state index contributed by atoms with van der Waals surface area (Å²) < 4.78 is 10.8. The molecule has 0 saturated carbocycles. The molecule has 3 aromatic rings. The number of hydrogen-bond acceptors (Lipinski definition) is 7. The quantitative estimate of drug-likeness (QED) is 0.617. The molecule has 11 heteroatoms. The zero-order valence-electron chi connectivity index (χ0n) is 16.6. The molecule has 1 fully saturated rings. The van der Waals surface area contributed by atoms with Gasteiger partial charge in [0.2, 0.25) is 0 Å². The maximum Gasteiger partial charge on any atom is 0.342 e. The van der Waals surface area contributed by atoms with E-state index in [4.69, 9.17) is 16.3 Å². The van der Waals surface area contributed by atoms with Gasteiger partial charge in [-0.2, -0.15) is 4.37 Å². The van der Waals surface area contributed by atoms with Gasteiger partial charge in [-0.15, -0.1) is 0 Å². The number of fused-ring (bicyclic) bond motifs is 1. The Kier molecular flexibility index (Phi) is 5.89. The molecule has 30 heavy (non-hydrogen) atoms. The summed E-state index contributed by atoms with van der Waals surface area (Å²) in [5.41, 5.74) is 2.66. The van der Waals surface area contributed by atoms with E-state index in [-0.39, 0.29) is 6.03 Å². The number of imidazole rings is 1. The Morgan fingerprint density at radius 2 is 2.00 bits per heavy atom. The number of piperazine rings is 1. The molecular weight excluding hydrogens is 428 g/mol. The van der Waals surface area contributed by atoms with Crippen molar-refractivity contribution in [3.8, 4) is 0 Å². The van der Waals surface area contributed by atoms with Crippen molar-refractivity contribution in [3.63, 3.8) is 0 Å². The molecule has 0 unspecified atom stereocenters. The smallest absolute Gasteiger partial charge is 0.342 e. The number of pyridine rings is 1. The van der Waals surface area contributed by atoms with Crippen LogP contribution < -0.4 is 5.32 Å². The number of nitrogens with zero attached hydrogens (tertiary/aromatic N) is 5. The van der Waals surface area contributed by atoms with Gasteiger partial charge in [0, 0.05) is 45.1 Å². The second-order valence-corrected chi connectivity index (χ2v) is 8.21. The summed E-state index contributed by atoms with van der Waals surface area (Å²) in [5, 5.41) is 3.88. The number of esters is 1. The average molecular weight is 449 g/mol. The van der Waals surface area contributed by atoms with Gasteiger partial charge in [-0.25, -0.2) is 14.6 Å². The number of nitrogens with one attached hydrogen (secondary N) is 1. The molecular formula is C19H21ClN6O3S. The van der Waals surface area contributed by atoms with Gasteiger partial charge in [-0.05, 0) is 30.6 Å². The van der Waals surface area contributed by atoms with Gasteiger partial charge >= 0.3 is 12.0 Å². The first-order valence-corrected chi connectivity index (χ1v) is 10.6. The first kappa shape index (κ1) is 20.6. The van der Waals surface area contributed by atoms with Crippen LogP contribution in [0.5, 0.6) is 0 Å². The second-order valence-electron chi connectivity index (χ2n) is 7.00. The van der Waals surface area contributed by atoms with Crippen LogP contribution in [0.25, 0.3) is 5.65 Å². The Balaban J connectivity index is 1.34. The average Bonchev–Trinajstić information content (AvgIpc) is 3.30. The third kappa shape index (κ3) is 4.25. The van der Waals surface area contributed by atoms with Crippen molar-refractivity contribution in [3.05, 3.63) is 46.5 Å². The van der Waals surface area contributed by atoms with E-state index in [0.29, 0.717) is 40.9 Å². The van der Waals surface area contributed by atoms with Crippen molar-refractivity contribution < 1.29 is 14.3 Å². The van der Waals surface area contributed by atoms with Crippen LogP contribution in [0.3, 0.4) is 0 Å². The molecule has 1 saturated heterocycles. The molecule has 1 aliphatic heterocycles. The number of carbonyl (C=O) groups is 2. The van der Waals surface area contributed by atoms with Crippen molar-refractivity contribution in [2.75, 3.05) is 38.6 Å². The monoisotopic (exact) mass is 448 g/mol. The molecule has 3 aromatic heterocycles. The summed E-state index contributed by atoms with van der Waals surface area (Å²) in [4.78, 5) is 33.2. The number of amides is 2. The Morgan fingerprint density at radius 1 is 1.23 bits per heavy atom. The largest absolute Gasteiger partial charge is 0.465 e. The Hall–Kier alpha value is -2.69. The topological polar surface area (TPSA) is 92.1 Å². The fourth-order valence-corrected chi connectivity index (χ4v) is 4.35. The zero-order chi connectivity index (χ0) is 21.3. The molecule has 158 valence electrons. The number of ether oxygens (including phenoxy) is 1. The highest BCUT2D eigenvalue weighted by molar-refractivity contribution is 7.11. The number of carbonyl (C=O) groups excluding carboxylic acids is 2. The van der Waals surface area contributed by atoms with Crippen LogP contribution in [0.1, 0.15) is 21.7 Å². The summed E-state index contributed by atoms with van der Waals surface area (Å²) in [6, 6.07) is 3.46. The van der Waals surface area contributed by atoms with E-state index in [2.05, 4.69) is 19.6 Å². The fourth-order valence-electron chi connectivity index (χ4n) is 3.41. The van der Waals surface area contributed by atoms with Crippen molar-refractivity contribution in [1.29, 1.82) is 0 Å². The van der Waals surface area contributed by atoms with Gasteiger partial charge in [-0.1, -0.05) is 11.6 Å². The number of rotatable bonds is 4. The van der Waals surface area contributed by atoms with Crippen LogP contribution in [0.2, 0.25) is 5.02 Å². The second kappa shape index (κ2) is 8.58. The minimum absolute atomic E-state index is 0.245. The number of hydrogen-bond donors (Lipinski definition) is 1. The highest BCUT2D eigenvalue weighted by atomic mass is 35.5. The molecule has 0 aliphatic carbocycles. The fraction of sp³-hybridized carbons (Fsp3) is 0.368. The van der Waals surface area contributed by atoms with E-state index in [0.717, 1.165) is 36.0 Å². The number of methoxy groups -OCH3 is 1. The van der Waals surface area contributed by atoms with Gasteiger partial charge in [-0.3, -0.25) is 10.2 Å². The lowest BCUT2D eigenvalue weighted by Gasteiger charge is -2.34. The molecule has 0 radical (unpaired) electrons. The van der Waals surface area contributed by atoms with Gasteiger partial charge in [0.15, 0.2) is 0 Å². The molecule has 1 aliphatic rings. The molecule has 0 bridgehead atoms. The summed E-state index contributed by atoms with van der Waals surface area (Å²) in [5.74, 6) is -0.505. The number of aryl methyl sites for hydroxylation is 1. The number of anilines is 1. The molecule has 4 rings (SSSR count). The maximum absolute atomic E-state index is 12.6. The molecule has 0 atom stereocenters. The Morgan fingerprint density at radius 3 is 2.73 bits per heavy atom. The maximum atomic E-state index is 12.6. The molecule has 4 heterocycles. The minimum atomic E-state index is -0.505.